The highest BCUT2D eigenvalue weighted by molar-refractivity contribution is 5.63. The van der Waals surface area contributed by atoms with Gasteiger partial charge in [0.2, 0.25) is 0 Å². The molecule has 0 amide bonds. The molecule has 0 unspecified atom stereocenters. The molecule has 0 aliphatic rings. The van der Waals surface area contributed by atoms with Gasteiger partial charge < -0.3 is 0 Å². The molecule has 1 nitrogen and oxygen atoms in total. The fourth-order valence-corrected chi connectivity index (χ4v) is 1.11. The van der Waals surface area contributed by atoms with E-state index in [0.717, 1.165) is 24.9 Å². The minimum absolute atomic E-state index is 0.986. The summed E-state index contributed by atoms with van der Waals surface area (Å²) in [6.45, 7) is 5.86. The molecular formula is C12H16N. The zero-order valence-corrected chi connectivity index (χ0v) is 8.16. The van der Waals surface area contributed by atoms with Crippen LogP contribution in [0, 0.1) is 13.8 Å². The lowest BCUT2D eigenvalue weighted by molar-refractivity contribution is 0.901. The maximum absolute atomic E-state index is 4.35. The summed E-state index contributed by atoms with van der Waals surface area (Å²) < 4.78 is 0. The van der Waals surface area contributed by atoms with E-state index in [0.29, 0.717) is 0 Å². The monoisotopic (exact) mass is 174 g/mol. The van der Waals surface area contributed by atoms with Crippen molar-refractivity contribution in [2.45, 2.75) is 26.2 Å². The molecule has 69 valence electrons. The molecule has 1 heteroatoms. The third-order valence-electron chi connectivity index (χ3n) is 1.83. The Hall–Kier alpha value is -1.11. The van der Waals surface area contributed by atoms with Crippen molar-refractivity contribution in [1.29, 1.82) is 0 Å². The molecule has 1 radical (unpaired) electrons. The Morgan fingerprint density at radius 2 is 2.31 bits per heavy atom. The van der Waals surface area contributed by atoms with Crippen LogP contribution in [-0.4, -0.2) is 6.21 Å². The Labute approximate surface area is 80.5 Å². The van der Waals surface area contributed by atoms with Gasteiger partial charge in [-0.2, -0.15) is 0 Å². The van der Waals surface area contributed by atoms with Gasteiger partial charge in [-0.25, -0.2) is 0 Å². The lowest BCUT2D eigenvalue weighted by Crippen LogP contribution is -1.75. The summed E-state index contributed by atoms with van der Waals surface area (Å²) in [6, 6.07) is 8.22. The molecule has 0 aromatic heterocycles. The predicted octanol–water partition coefficient (Wildman–Crippen LogP) is 3.70. The number of aryl methyl sites for hydroxylation is 1. The highest BCUT2D eigenvalue weighted by Gasteiger charge is 1.87. The van der Waals surface area contributed by atoms with Gasteiger partial charge in [-0.15, -0.1) is 0 Å². The summed E-state index contributed by atoms with van der Waals surface area (Å²) in [5.41, 5.74) is 2.30. The summed E-state index contributed by atoms with van der Waals surface area (Å²) in [7, 11) is 0. The van der Waals surface area contributed by atoms with Crippen LogP contribution in [0.3, 0.4) is 0 Å². The summed E-state index contributed by atoms with van der Waals surface area (Å²) in [4.78, 5) is 4.35. The molecule has 0 N–H and O–H groups in total. The van der Waals surface area contributed by atoms with Gasteiger partial charge in [0.25, 0.3) is 0 Å². The molecule has 0 bridgehead atoms. The van der Waals surface area contributed by atoms with Crippen molar-refractivity contribution >= 4 is 11.9 Å². The van der Waals surface area contributed by atoms with Crippen molar-refractivity contribution < 1.29 is 0 Å². The summed E-state index contributed by atoms with van der Waals surface area (Å²) >= 11 is 0. The van der Waals surface area contributed by atoms with Crippen LogP contribution in [0.2, 0.25) is 0 Å². The molecule has 13 heavy (non-hydrogen) atoms. The van der Waals surface area contributed by atoms with Crippen molar-refractivity contribution in [3.63, 3.8) is 0 Å². The molecule has 0 aliphatic carbocycles. The van der Waals surface area contributed by atoms with Gasteiger partial charge >= 0.3 is 0 Å². The summed E-state index contributed by atoms with van der Waals surface area (Å²) in [5, 5.41) is 0. The van der Waals surface area contributed by atoms with Crippen LogP contribution in [0.4, 0.5) is 5.69 Å². The van der Waals surface area contributed by atoms with Crippen LogP contribution in [0.1, 0.15) is 24.8 Å². The smallest absolute Gasteiger partial charge is 0.0628 e. The average molecular weight is 174 g/mol. The van der Waals surface area contributed by atoms with Crippen LogP contribution < -0.4 is 0 Å². The molecule has 1 aromatic carbocycles. The van der Waals surface area contributed by atoms with E-state index < -0.39 is 0 Å². The van der Waals surface area contributed by atoms with Crippen molar-refractivity contribution in [2.75, 3.05) is 0 Å². The molecule has 0 saturated heterocycles. The van der Waals surface area contributed by atoms with Gasteiger partial charge in [-0.3, -0.25) is 4.99 Å². The van der Waals surface area contributed by atoms with E-state index in [4.69, 9.17) is 0 Å². The number of nitrogens with zero attached hydrogens (tertiary/aromatic N) is 1. The molecular weight excluding hydrogens is 158 g/mol. The second kappa shape index (κ2) is 5.52. The van der Waals surface area contributed by atoms with E-state index in [-0.39, 0.29) is 0 Å². The van der Waals surface area contributed by atoms with Crippen LogP contribution in [0.5, 0.6) is 0 Å². The van der Waals surface area contributed by atoms with Crippen molar-refractivity contribution in [3.05, 3.63) is 36.8 Å². The van der Waals surface area contributed by atoms with Gasteiger partial charge in [0.15, 0.2) is 0 Å². The number of aliphatic imine (C=N–C) groups is 1. The van der Waals surface area contributed by atoms with Crippen molar-refractivity contribution in [2.24, 2.45) is 4.99 Å². The van der Waals surface area contributed by atoms with Crippen molar-refractivity contribution in [1.82, 2.24) is 0 Å². The molecule has 0 aliphatic heterocycles. The van der Waals surface area contributed by atoms with Gasteiger partial charge in [0, 0.05) is 6.21 Å². The zero-order chi connectivity index (χ0) is 9.52. The predicted molar refractivity (Wildman–Crippen MR) is 58.5 cm³/mol. The fraction of sp³-hybridized carbons (Fsp3) is 0.333. The largest absolute Gasteiger partial charge is 0.261 e. The Morgan fingerprint density at radius 3 is 3.00 bits per heavy atom. The summed E-state index contributed by atoms with van der Waals surface area (Å²) in [6.07, 6.45) is 5.10. The van der Waals surface area contributed by atoms with Gasteiger partial charge in [-0.05, 0) is 37.5 Å². The first-order valence-corrected chi connectivity index (χ1v) is 4.71. The maximum atomic E-state index is 4.35. The van der Waals surface area contributed by atoms with E-state index in [2.05, 4.69) is 31.0 Å². The molecule has 0 spiro atoms. The van der Waals surface area contributed by atoms with Crippen LogP contribution >= 0.6 is 0 Å². The SMILES string of the molecule is [CH2]CCCC=Nc1cccc(C)c1. The topological polar surface area (TPSA) is 12.4 Å². The first-order chi connectivity index (χ1) is 6.33. The van der Waals surface area contributed by atoms with Gasteiger partial charge in [-0.1, -0.05) is 25.5 Å². The number of rotatable bonds is 4. The third-order valence-corrected chi connectivity index (χ3v) is 1.83. The molecule has 0 saturated carbocycles. The molecule has 0 fully saturated rings. The second-order valence-corrected chi connectivity index (χ2v) is 3.15. The maximum Gasteiger partial charge on any atom is 0.0628 e. The molecule has 0 atom stereocenters. The Morgan fingerprint density at radius 1 is 1.46 bits per heavy atom. The summed E-state index contributed by atoms with van der Waals surface area (Å²) in [5.74, 6) is 0. The number of hydrogen-bond acceptors (Lipinski definition) is 1. The van der Waals surface area contributed by atoms with E-state index in [1.54, 1.807) is 0 Å². The van der Waals surface area contributed by atoms with E-state index in [1.165, 1.54) is 5.56 Å². The third kappa shape index (κ3) is 3.88. The first-order valence-electron chi connectivity index (χ1n) is 4.71. The standard InChI is InChI=1S/C12H16N/c1-3-4-5-9-13-12-8-6-7-11(2)10-12/h6-10H,1,3-5H2,2H3. The number of benzene rings is 1. The Bertz CT molecular complexity index is 276. The van der Waals surface area contributed by atoms with Crippen LogP contribution in [-0.2, 0) is 0 Å². The number of unbranched alkanes of at least 4 members (excludes halogenated alkanes) is 2. The molecule has 1 aromatic rings. The number of hydrogen-bond donors (Lipinski definition) is 0. The van der Waals surface area contributed by atoms with Crippen LogP contribution in [0.25, 0.3) is 0 Å². The Kier molecular flexibility index (Phi) is 4.24. The normalized spacial score (nSPS) is 10.9. The Balaban J connectivity index is 2.48. The minimum atomic E-state index is 0.986. The van der Waals surface area contributed by atoms with Gasteiger partial charge in [0.05, 0.1) is 5.69 Å². The quantitative estimate of drug-likeness (QED) is 0.487. The lowest BCUT2D eigenvalue weighted by atomic mass is 10.2. The van der Waals surface area contributed by atoms with E-state index in [1.807, 2.05) is 18.3 Å². The van der Waals surface area contributed by atoms with E-state index in [9.17, 15) is 0 Å². The minimum Gasteiger partial charge on any atom is -0.261 e. The van der Waals surface area contributed by atoms with Gasteiger partial charge in [0.1, 0.15) is 0 Å². The zero-order valence-electron chi connectivity index (χ0n) is 8.16. The average Bonchev–Trinajstić information content (AvgIpc) is 2.13. The molecule has 1 rings (SSSR count). The highest BCUT2D eigenvalue weighted by atomic mass is 14.7. The fourth-order valence-electron chi connectivity index (χ4n) is 1.11. The molecule has 0 heterocycles. The van der Waals surface area contributed by atoms with E-state index >= 15 is 0 Å². The van der Waals surface area contributed by atoms with Crippen LogP contribution in [0.15, 0.2) is 29.3 Å². The van der Waals surface area contributed by atoms with Crippen molar-refractivity contribution in [3.8, 4) is 0 Å². The lowest BCUT2D eigenvalue weighted by Gasteiger charge is -1.94. The highest BCUT2D eigenvalue weighted by Crippen LogP contribution is 2.12. The first kappa shape index (κ1) is 9.97. The second-order valence-electron chi connectivity index (χ2n) is 3.15.